The molecule has 2 heterocycles. The number of hydrogen-bond acceptors (Lipinski definition) is 5. The molecule has 0 amide bonds. The minimum Gasteiger partial charge on any atom is -0.466 e. The van der Waals surface area contributed by atoms with Crippen molar-refractivity contribution in [2.75, 3.05) is 13.1 Å². The Bertz CT molecular complexity index is 1110. The largest absolute Gasteiger partial charge is 0.466 e. The van der Waals surface area contributed by atoms with Crippen molar-refractivity contribution in [2.45, 2.75) is 19.4 Å². The summed E-state index contributed by atoms with van der Waals surface area (Å²) in [4.78, 5) is 1.29. The van der Waals surface area contributed by atoms with E-state index in [1.807, 2.05) is 37.3 Å². The Morgan fingerprint density at radius 3 is 2.47 bits per heavy atom. The second-order valence-electron chi connectivity index (χ2n) is 8.06. The number of rotatable bonds is 3. The van der Waals surface area contributed by atoms with E-state index in [4.69, 9.17) is 9.83 Å². The van der Waals surface area contributed by atoms with Crippen LogP contribution in [0.4, 0.5) is 0 Å². The molecule has 148 valence electrons. The summed E-state index contributed by atoms with van der Waals surface area (Å²) >= 11 is 0. The minimum atomic E-state index is -1.72. The van der Waals surface area contributed by atoms with Crippen LogP contribution < -0.4 is 4.90 Å². The second-order valence-corrected chi connectivity index (χ2v) is 8.06. The normalized spacial score (nSPS) is 27.1. The first-order chi connectivity index (χ1) is 14.5. The maximum Gasteiger partial charge on any atom is 0.192 e. The van der Waals surface area contributed by atoms with Gasteiger partial charge in [0.25, 0.3) is 0 Å². The van der Waals surface area contributed by atoms with Gasteiger partial charge in [-0.3, -0.25) is 0 Å². The quantitative estimate of drug-likeness (QED) is 0.776. The summed E-state index contributed by atoms with van der Waals surface area (Å²) < 4.78 is 5.88. The van der Waals surface area contributed by atoms with Gasteiger partial charge in [-0.15, -0.1) is 0 Å². The Kier molecular flexibility index (Phi) is 5.00. The predicted molar refractivity (Wildman–Crippen MR) is 109 cm³/mol. The molecule has 1 aromatic carbocycles. The van der Waals surface area contributed by atoms with E-state index >= 15 is 0 Å². The van der Waals surface area contributed by atoms with Crippen molar-refractivity contribution in [1.29, 1.82) is 21.2 Å². The van der Waals surface area contributed by atoms with Crippen molar-refractivity contribution in [2.24, 2.45) is 17.3 Å². The molecule has 30 heavy (non-hydrogen) atoms. The van der Waals surface area contributed by atoms with Crippen molar-refractivity contribution in [3.8, 4) is 18.2 Å². The summed E-state index contributed by atoms with van der Waals surface area (Å²) in [5, 5.41) is 38.6. The average Bonchev–Trinajstić information content (AvgIpc) is 3.19. The number of nitriles is 3. The first kappa shape index (κ1) is 19.6. The monoisotopic (exact) mass is 396 g/mol. The van der Waals surface area contributed by atoms with E-state index < -0.39 is 17.3 Å². The van der Waals surface area contributed by atoms with Crippen LogP contribution in [0.15, 0.2) is 58.5 Å². The van der Waals surface area contributed by atoms with Crippen LogP contribution in [0, 0.1) is 63.6 Å². The Labute approximate surface area is 175 Å². The third kappa shape index (κ3) is 3.01. The molecule has 0 bridgehead atoms. The zero-order valence-electron chi connectivity index (χ0n) is 16.7. The average molecular weight is 396 g/mol. The molecule has 2 aliphatic rings. The number of benzene rings is 1. The number of aryl methyl sites for hydroxylation is 1. The maximum atomic E-state index is 10.1. The Hall–Kier alpha value is -3.66. The Morgan fingerprint density at radius 2 is 1.87 bits per heavy atom. The van der Waals surface area contributed by atoms with Gasteiger partial charge in [0.05, 0.1) is 42.9 Å². The van der Waals surface area contributed by atoms with Gasteiger partial charge in [-0.05, 0) is 30.7 Å². The minimum absolute atomic E-state index is 0.136. The first-order valence-corrected chi connectivity index (χ1v) is 9.99. The highest BCUT2D eigenvalue weighted by molar-refractivity contribution is 6.00. The van der Waals surface area contributed by atoms with Crippen LogP contribution in [-0.4, -0.2) is 18.8 Å². The number of nitrogens with zero attached hydrogens (tertiary/aromatic N) is 3. The molecule has 6 nitrogen and oxygen atoms in total. The fourth-order valence-corrected chi connectivity index (χ4v) is 4.92. The van der Waals surface area contributed by atoms with Gasteiger partial charge >= 0.3 is 0 Å². The molecule has 1 fully saturated rings. The van der Waals surface area contributed by atoms with E-state index in [0.29, 0.717) is 18.1 Å². The third-order valence-electron chi connectivity index (χ3n) is 6.33. The summed E-state index contributed by atoms with van der Waals surface area (Å²) in [6.45, 7) is 4.04. The van der Waals surface area contributed by atoms with Crippen molar-refractivity contribution in [3.63, 3.8) is 0 Å². The number of nitrogens with one attached hydrogen (secondary N) is 2. The molecule has 1 aliphatic heterocycles. The fraction of sp³-hybridized carbons (Fsp3) is 0.333. The molecule has 1 saturated carbocycles. The number of hydrogen-bond donors (Lipinski definition) is 2. The third-order valence-corrected chi connectivity index (χ3v) is 6.33. The number of furan rings is 1. The van der Waals surface area contributed by atoms with Crippen LogP contribution >= 0.6 is 0 Å². The molecule has 1 aliphatic carbocycles. The SMILES string of the molecule is Cc1ccc([C@H]2[C@@H]3C[NH+](Cc4ccccc4)CC=C3[C@H](C#N)C(=N)C2(C#N)C#N)o1. The Morgan fingerprint density at radius 1 is 1.13 bits per heavy atom. The summed E-state index contributed by atoms with van der Waals surface area (Å²) in [5.74, 6) is -0.455. The van der Waals surface area contributed by atoms with Crippen molar-refractivity contribution in [3.05, 3.63) is 71.2 Å². The van der Waals surface area contributed by atoms with Crippen molar-refractivity contribution < 1.29 is 9.32 Å². The molecule has 4 atom stereocenters. The highest BCUT2D eigenvalue weighted by Crippen LogP contribution is 2.52. The van der Waals surface area contributed by atoms with Gasteiger partial charge in [0, 0.05) is 11.5 Å². The van der Waals surface area contributed by atoms with Crippen LogP contribution in [0.5, 0.6) is 0 Å². The lowest BCUT2D eigenvalue weighted by atomic mass is 9.55. The molecule has 4 rings (SSSR count). The van der Waals surface area contributed by atoms with Gasteiger partial charge in [0.2, 0.25) is 0 Å². The van der Waals surface area contributed by atoms with Gasteiger partial charge in [-0.1, -0.05) is 30.3 Å². The van der Waals surface area contributed by atoms with Crippen LogP contribution in [0.1, 0.15) is 23.0 Å². The molecule has 1 aromatic heterocycles. The van der Waals surface area contributed by atoms with Gasteiger partial charge in [0.15, 0.2) is 5.41 Å². The number of quaternary nitrogens is 1. The van der Waals surface area contributed by atoms with E-state index in [1.165, 1.54) is 10.5 Å². The number of fused-ring (bicyclic) bond motifs is 1. The molecule has 6 heteroatoms. The molecular formula is C24H22N5O+. The zero-order chi connectivity index (χ0) is 21.3. The highest BCUT2D eigenvalue weighted by Gasteiger charge is 2.59. The fourth-order valence-electron chi connectivity index (χ4n) is 4.92. The van der Waals surface area contributed by atoms with Gasteiger partial charge in [-0.25, -0.2) is 0 Å². The van der Waals surface area contributed by atoms with Crippen LogP contribution in [0.2, 0.25) is 0 Å². The summed E-state index contributed by atoms with van der Waals surface area (Å²) in [7, 11) is 0. The molecule has 0 spiro atoms. The van der Waals surface area contributed by atoms with Gasteiger partial charge in [-0.2, -0.15) is 15.8 Å². The first-order valence-electron chi connectivity index (χ1n) is 9.99. The maximum absolute atomic E-state index is 10.1. The Balaban J connectivity index is 1.80. The lowest BCUT2D eigenvalue weighted by Crippen LogP contribution is -3.12. The summed E-state index contributed by atoms with van der Waals surface area (Å²) in [5.41, 5.74) is 0.200. The highest BCUT2D eigenvalue weighted by atomic mass is 16.3. The smallest absolute Gasteiger partial charge is 0.192 e. The molecular weight excluding hydrogens is 374 g/mol. The predicted octanol–water partition coefficient (Wildman–Crippen LogP) is 2.52. The molecule has 2 N–H and O–H groups in total. The van der Waals surface area contributed by atoms with Gasteiger partial charge < -0.3 is 14.7 Å². The molecule has 0 radical (unpaired) electrons. The van der Waals surface area contributed by atoms with E-state index in [2.05, 4.69) is 30.3 Å². The topological polar surface area (TPSA) is 113 Å². The molecule has 2 aromatic rings. The van der Waals surface area contributed by atoms with E-state index in [9.17, 15) is 15.8 Å². The lowest BCUT2D eigenvalue weighted by molar-refractivity contribution is -0.913. The standard InChI is InChI=1S/C24H21N5O/c1-16-7-8-21(30-16)22-20-13-29(12-17-5-3-2-4-6-17)10-9-18(20)19(11-25)23(28)24(22,14-26)15-27/h2-9,19-20,22,28H,10,12-13H2,1H3/p+1/t19-,20+,22+/m0/s1. The van der Waals surface area contributed by atoms with E-state index in [0.717, 1.165) is 18.7 Å². The summed E-state index contributed by atoms with van der Waals surface area (Å²) in [6, 6.07) is 20.2. The molecule has 0 saturated heterocycles. The molecule has 1 unspecified atom stereocenters. The van der Waals surface area contributed by atoms with Crippen LogP contribution in [0.3, 0.4) is 0 Å². The zero-order valence-corrected chi connectivity index (χ0v) is 16.7. The summed E-state index contributed by atoms with van der Waals surface area (Å²) in [6.07, 6.45) is 2.04. The lowest BCUT2D eigenvalue weighted by Gasteiger charge is -2.45. The second kappa shape index (κ2) is 7.64. The van der Waals surface area contributed by atoms with Crippen LogP contribution in [-0.2, 0) is 6.54 Å². The van der Waals surface area contributed by atoms with E-state index in [1.54, 1.807) is 6.07 Å². The van der Waals surface area contributed by atoms with E-state index in [-0.39, 0.29) is 11.6 Å². The van der Waals surface area contributed by atoms with Gasteiger partial charge in [0.1, 0.15) is 24.0 Å². The van der Waals surface area contributed by atoms with Crippen molar-refractivity contribution in [1.82, 2.24) is 0 Å². The van der Waals surface area contributed by atoms with Crippen LogP contribution in [0.25, 0.3) is 0 Å². The van der Waals surface area contributed by atoms with Crippen molar-refractivity contribution >= 4 is 5.71 Å².